The van der Waals surface area contributed by atoms with Crippen LogP contribution in [0.5, 0.6) is 0 Å². The van der Waals surface area contributed by atoms with E-state index in [-0.39, 0.29) is 30.1 Å². The molecule has 2 N–H and O–H groups in total. The van der Waals surface area contributed by atoms with E-state index in [9.17, 15) is 9.59 Å². The van der Waals surface area contributed by atoms with Gasteiger partial charge in [-0.1, -0.05) is 41.9 Å². The molecule has 29 heavy (non-hydrogen) atoms. The molecule has 1 aliphatic heterocycles. The Morgan fingerprint density at radius 1 is 1.14 bits per heavy atom. The van der Waals surface area contributed by atoms with Crippen LogP contribution in [0.1, 0.15) is 35.7 Å². The van der Waals surface area contributed by atoms with Gasteiger partial charge in [0.15, 0.2) is 0 Å². The largest absolute Gasteiger partial charge is 0.335 e. The Balaban J connectivity index is 0.00000300. The Bertz CT molecular complexity index is 824. The molecule has 0 saturated carbocycles. The fourth-order valence-corrected chi connectivity index (χ4v) is 3.60. The predicted molar refractivity (Wildman–Crippen MR) is 120 cm³/mol. The zero-order valence-corrected chi connectivity index (χ0v) is 18.1. The van der Waals surface area contributed by atoms with E-state index < -0.39 is 0 Å². The van der Waals surface area contributed by atoms with Gasteiger partial charge in [-0.05, 0) is 56.6 Å². The van der Waals surface area contributed by atoms with Gasteiger partial charge < -0.3 is 15.5 Å². The highest BCUT2D eigenvalue weighted by Gasteiger charge is 2.22. The summed E-state index contributed by atoms with van der Waals surface area (Å²) in [7, 11) is 0. The van der Waals surface area contributed by atoms with Crippen molar-refractivity contribution in [3.8, 4) is 0 Å². The molecule has 2 aromatic carbocycles. The Morgan fingerprint density at radius 3 is 2.48 bits per heavy atom. The van der Waals surface area contributed by atoms with Gasteiger partial charge in [-0.25, -0.2) is 0 Å². The lowest BCUT2D eigenvalue weighted by atomic mass is 9.97. The van der Waals surface area contributed by atoms with E-state index >= 15 is 0 Å². The molecule has 1 fully saturated rings. The molecule has 0 radical (unpaired) electrons. The van der Waals surface area contributed by atoms with Gasteiger partial charge in [-0.2, -0.15) is 0 Å². The monoisotopic (exact) mass is 435 g/mol. The average Bonchev–Trinajstić information content (AvgIpc) is 2.74. The number of carbonyl (C=O) groups is 2. The highest BCUT2D eigenvalue weighted by molar-refractivity contribution is 6.34. The topological polar surface area (TPSA) is 61.4 Å². The maximum absolute atomic E-state index is 13.1. The maximum atomic E-state index is 13.1. The first-order chi connectivity index (χ1) is 13.6. The van der Waals surface area contributed by atoms with Crippen molar-refractivity contribution in [1.29, 1.82) is 0 Å². The number of nitrogens with zero attached hydrogens (tertiary/aromatic N) is 1. The molecular formula is C22H27Cl2N3O2. The normalized spacial score (nSPS) is 14.0. The number of piperidine rings is 1. The van der Waals surface area contributed by atoms with Crippen molar-refractivity contribution in [2.24, 2.45) is 5.92 Å². The van der Waals surface area contributed by atoms with Crippen LogP contribution in [0, 0.1) is 5.92 Å². The molecule has 156 valence electrons. The Labute approximate surface area is 183 Å². The fraction of sp³-hybridized carbons (Fsp3) is 0.364. The summed E-state index contributed by atoms with van der Waals surface area (Å²) < 4.78 is 0. The van der Waals surface area contributed by atoms with Gasteiger partial charge in [0.25, 0.3) is 5.91 Å². The smallest absolute Gasteiger partial charge is 0.255 e. The molecule has 1 saturated heterocycles. The summed E-state index contributed by atoms with van der Waals surface area (Å²) in [6.07, 6.45) is 1.65. The highest BCUT2D eigenvalue weighted by atomic mass is 35.5. The predicted octanol–water partition coefficient (Wildman–Crippen LogP) is 4.36. The number of hydrogen-bond donors (Lipinski definition) is 2. The van der Waals surface area contributed by atoms with Crippen molar-refractivity contribution in [3.05, 3.63) is 64.7 Å². The van der Waals surface area contributed by atoms with E-state index in [0.29, 0.717) is 29.4 Å². The van der Waals surface area contributed by atoms with Crippen molar-refractivity contribution < 1.29 is 9.59 Å². The van der Waals surface area contributed by atoms with Gasteiger partial charge in [0, 0.05) is 24.7 Å². The van der Waals surface area contributed by atoms with Gasteiger partial charge in [-0.3, -0.25) is 9.59 Å². The van der Waals surface area contributed by atoms with Gasteiger partial charge >= 0.3 is 0 Å². The standard InChI is InChI=1S/C22H26ClN3O2.ClH/c1-2-26(15-16-6-4-3-5-7-16)22(28)19-14-18(8-9-20(19)23)25-21(27)17-10-12-24-13-11-17;/h3-9,14,17,24H,2,10-13,15H2,1H3,(H,25,27);1H. The third kappa shape index (κ3) is 6.20. The van der Waals surface area contributed by atoms with Gasteiger partial charge in [0.2, 0.25) is 5.91 Å². The van der Waals surface area contributed by atoms with Crippen LogP contribution in [0.3, 0.4) is 0 Å². The summed E-state index contributed by atoms with van der Waals surface area (Å²) >= 11 is 6.31. The van der Waals surface area contributed by atoms with Crippen LogP contribution in [-0.2, 0) is 11.3 Å². The molecule has 0 aromatic heterocycles. The number of benzene rings is 2. The Kier molecular flexibility index (Phi) is 8.96. The third-order valence-corrected chi connectivity index (χ3v) is 5.39. The Hall–Kier alpha value is -2.08. The van der Waals surface area contributed by atoms with E-state index in [1.54, 1.807) is 23.1 Å². The van der Waals surface area contributed by atoms with E-state index in [4.69, 9.17) is 11.6 Å². The lowest BCUT2D eigenvalue weighted by molar-refractivity contribution is -0.120. The summed E-state index contributed by atoms with van der Waals surface area (Å²) in [6.45, 7) is 4.73. The molecule has 1 aliphatic rings. The molecule has 3 rings (SSSR count). The number of carbonyl (C=O) groups excluding carboxylic acids is 2. The van der Waals surface area contributed by atoms with Crippen molar-refractivity contribution in [3.63, 3.8) is 0 Å². The third-order valence-electron chi connectivity index (χ3n) is 5.06. The average molecular weight is 436 g/mol. The SMILES string of the molecule is CCN(Cc1ccccc1)C(=O)c1cc(NC(=O)C2CCNCC2)ccc1Cl.Cl. The molecule has 2 amide bonds. The maximum Gasteiger partial charge on any atom is 0.255 e. The van der Waals surface area contributed by atoms with Crippen molar-refractivity contribution >= 4 is 41.5 Å². The molecule has 0 atom stereocenters. The van der Waals surface area contributed by atoms with Crippen LogP contribution in [-0.4, -0.2) is 36.3 Å². The summed E-state index contributed by atoms with van der Waals surface area (Å²) in [5.74, 6) is -0.144. The van der Waals surface area contributed by atoms with Crippen molar-refractivity contribution in [2.45, 2.75) is 26.3 Å². The zero-order valence-electron chi connectivity index (χ0n) is 16.5. The second kappa shape index (κ2) is 11.2. The molecule has 0 unspecified atom stereocenters. The van der Waals surface area contributed by atoms with Crippen molar-refractivity contribution in [2.75, 3.05) is 25.0 Å². The molecule has 2 aromatic rings. The quantitative estimate of drug-likeness (QED) is 0.708. The molecule has 1 heterocycles. The first-order valence-corrected chi connectivity index (χ1v) is 10.1. The van der Waals surface area contributed by atoms with Crippen LogP contribution in [0.4, 0.5) is 5.69 Å². The van der Waals surface area contributed by atoms with Gasteiger partial charge in [0.1, 0.15) is 0 Å². The summed E-state index contributed by atoms with van der Waals surface area (Å²) in [4.78, 5) is 27.3. The number of amides is 2. The lowest BCUT2D eigenvalue weighted by Gasteiger charge is -2.23. The van der Waals surface area contributed by atoms with Crippen molar-refractivity contribution in [1.82, 2.24) is 10.2 Å². The van der Waals surface area contributed by atoms with Crippen LogP contribution >= 0.6 is 24.0 Å². The van der Waals surface area contributed by atoms with E-state index in [1.807, 2.05) is 37.3 Å². The highest BCUT2D eigenvalue weighted by Crippen LogP contribution is 2.24. The molecular weight excluding hydrogens is 409 g/mol. The molecule has 5 nitrogen and oxygen atoms in total. The second-order valence-electron chi connectivity index (χ2n) is 7.01. The molecule has 0 aliphatic carbocycles. The van der Waals surface area contributed by atoms with Crippen LogP contribution in [0.15, 0.2) is 48.5 Å². The van der Waals surface area contributed by atoms with E-state index in [0.717, 1.165) is 31.5 Å². The number of rotatable bonds is 6. The summed E-state index contributed by atoms with van der Waals surface area (Å²) in [5.41, 5.74) is 2.07. The molecule has 7 heteroatoms. The van der Waals surface area contributed by atoms with Crippen LogP contribution < -0.4 is 10.6 Å². The van der Waals surface area contributed by atoms with E-state index in [1.165, 1.54) is 0 Å². The van der Waals surface area contributed by atoms with E-state index in [2.05, 4.69) is 10.6 Å². The van der Waals surface area contributed by atoms with Crippen LogP contribution in [0.2, 0.25) is 5.02 Å². The summed E-state index contributed by atoms with van der Waals surface area (Å²) in [6, 6.07) is 14.9. The fourth-order valence-electron chi connectivity index (χ4n) is 3.40. The molecule has 0 bridgehead atoms. The zero-order chi connectivity index (χ0) is 19.9. The lowest BCUT2D eigenvalue weighted by Crippen LogP contribution is -2.34. The second-order valence-corrected chi connectivity index (χ2v) is 7.42. The number of halogens is 2. The van der Waals surface area contributed by atoms with Crippen LogP contribution in [0.25, 0.3) is 0 Å². The minimum atomic E-state index is -0.144. The van der Waals surface area contributed by atoms with Gasteiger partial charge in [0.05, 0.1) is 10.6 Å². The first kappa shape index (κ1) is 23.2. The Morgan fingerprint density at radius 2 is 1.83 bits per heavy atom. The number of nitrogens with one attached hydrogen (secondary N) is 2. The first-order valence-electron chi connectivity index (χ1n) is 9.72. The number of anilines is 1. The minimum Gasteiger partial charge on any atom is -0.335 e. The molecule has 0 spiro atoms. The van der Waals surface area contributed by atoms with Gasteiger partial charge in [-0.15, -0.1) is 12.4 Å². The summed E-state index contributed by atoms with van der Waals surface area (Å²) in [5, 5.41) is 6.59. The minimum absolute atomic E-state index is 0. The number of hydrogen-bond acceptors (Lipinski definition) is 3.